The number of halogens is 5. The number of hydrogen-bond acceptors (Lipinski definition) is 1. The molecule has 0 unspecified atom stereocenters. The van der Waals surface area contributed by atoms with E-state index < -0.39 is 47.0 Å². The average molecular weight is 250 g/mol. The molecule has 0 spiro atoms. The van der Waals surface area contributed by atoms with Gasteiger partial charge in [-0.15, -0.1) is 0 Å². The van der Waals surface area contributed by atoms with E-state index in [1.807, 2.05) is 0 Å². The molecule has 0 atom stereocenters. The molecule has 0 saturated heterocycles. The molecule has 0 aliphatic carbocycles. The lowest BCUT2D eigenvalue weighted by Crippen LogP contribution is -2.04. The minimum Gasteiger partial charge on any atom is -0.481 e. The van der Waals surface area contributed by atoms with E-state index in [2.05, 4.69) is 0 Å². The van der Waals surface area contributed by atoms with Gasteiger partial charge in [0.25, 0.3) is 0 Å². The molecular formula is C10H3F5O2. The van der Waals surface area contributed by atoms with Crippen molar-refractivity contribution < 1.29 is 31.9 Å². The first kappa shape index (κ1) is 13.0. The highest BCUT2D eigenvalue weighted by Crippen LogP contribution is 2.22. The topological polar surface area (TPSA) is 37.3 Å². The molecule has 7 heteroatoms. The number of carboxylic acids is 1. The van der Waals surface area contributed by atoms with Gasteiger partial charge in [-0.2, -0.15) is 0 Å². The third-order valence-corrected chi connectivity index (χ3v) is 1.66. The number of carboxylic acid groups (broad SMARTS) is 1. The number of rotatable bonds is 1. The van der Waals surface area contributed by atoms with Gasteiger partial charge in [-0.25, -0.2) is 22.0 Å². The number of carbonyl (C=O) groups is 1. The van der Waals surface area contributed by atoms with Crippen molar-refractivity contribution in [3.05, 3.63) is 34.6 Å². The second-order valence-electron chi connectivity index (χ2n) is 2.82. The Kier molecular flexibility index (Phi) is 3.68. The molecule has 0 aromatic heterocycles. The summed E-state index contributed by atoms with van der Waals surface area (Å²) in [6.07, 6.45) is -0.778. The number of aliphatic carboxylic acids is 1. The highest BCUT2D eigenvalue weighted by molar-refractivity contribution is 5.70. The van der Waals surface area contributed by atoms with Crippen LogP contribution in [-0.4, -0.2) is 11.1 Å². The van der Waals surface area contributed by atoms with Crippen LogP contribution in [0.1, 0.15) is 12.0 Å². The van der Waals surface area contributed by atoms with Crippen LogP contribution in [0.25, 0.3) is 0 Å². The Morgan fingerprint density at radius 1 is 0.941 bits per heavy atom. The third kappa shape index (κ3) is 2.53. The lowest BCUT2D eigenvalue weighted by Gasteiger charge is -2.02. The van der Waals surface area contributed by atoms with E-state index in [1.54, 1.807) is 11.8 Å². The van der Waals surface area contributed by atoms with Gasteiger partial charge in [-0.1, -0.05) is 11.8 Å². The molecule has 0 radical (unpaired) electrons. The smallest absolute Gasteiger partial charge is 0.315 e. The first-order valence-corrected chi connectivity index (χ1v) is 4.08. The van der Waals surface area contributed by atoms with Crippen molar-refractivity contribution in [2.45, 2.75) is 6.42 Å². The molecule has 1 N–H and O–H groups in total. The molecular weight excluding hydrogens is 247 g/mol. The van der Waals surface area contributed by atoms with Gasteiger partial charge < -0.3 is 5.11 Å². The molecule has 90 valence electrons. The monoisotopic (exact) mass is 250 g/mol. The van der Waals surface area contributed by atoms with E-state index >= 15 is 0 Å². The van der Waals surface area contributed by atoms with Gasteiger partial charge in [-0.05, 0) is 0 Å². The number of hydrogen-bond donors (Lipinski definition) is 1. The second kappa shape index (κ2) is 4.82. The van der Waals surface area contributed by atoms with Gasteiger partial charge in [0.15, 0.2) is 23.3 Å². The summed E-state index contributed by atoms with van der Waals surface area (Å²) >= 11 is 0. The van der Waals surface area contributed by atoms with Gasteiger partial charge in [0.05, 0.1) is 0 Å². The van der Waals surface area contributed by atoms with E-state index in [1.165, 1.54) is 0 Å². The zero-order valence-electron chi connectivity index (χ0n) is 7.95. The van der Waals surface area contributed by atoms with Crippen molar-refractivity contribution in [2.75, 3.05) is 0 Å². The normalized spacial score (nSPS) is 9.71. The third-order valence-electron chi connectivity index (χ3n) is 1.66. The first-order valence-electron chi connectivity index (χ1n) is 4.08. The Hall–Kier alpha value is -2.10. The van der Waals surface area contributed by atoms with Crippen molar-refractivity contribution in [1.82, 2.24) is 0 Å². The van der Waals surface area contributed by atoms with Crippen LogP contribution < -0.4 is 0 Å². The Morgan fingerprint density at radius 2 is 1.35 bits per heavy atom. The fraction of sp³-hybridized carbons (Fsp3) is 0.100. The first-order chi connectivity index (χ1) is 7.86. The van der Waals surface area contributed by atoms with Crippen molar-refractivity contribution in [2.24, 2.45) is 0 Å². The lowest BCUT2D eigenvalue weighted by atomic mass is 10.1. The van der Waals surface area contributed by atoms with Gasteiger partial charge in [0, 0.05) is 0 Å². The molecule has 1 aromatic rings. The summed E-state index contributed by atoms with van der Waals surface area (Å²) in [5.74, 6) is -8.72. The predicted octanol–water partition coefficient (Wildman–Crippen LogP) is 2.21. The molecule has 0 amide bonds. The van der Waals surface area contributed by atoms with Crippen LogP contribution in [0.3, 0.4) is 0 Å². The Labute approximate surface area is 91.7 Å². The molecule has 17 heavy (non-hydrogen) atoms. The maximum atomic E-state index is 13.0. The maximum Gasteiger partial charge on any atom is 0.315 e. The molecule has 1 aromatic carbocycles. The molecule has 1 rings (SSSR count). The molecule has 2 nitrogen and oxygen atoms in total. The fourth-order valence-electron chi connectivity index (χ4n) is 0.923. The van der Waals surface area contributed by atoms with E-state index in [9.17, 15) is 26.7 Å². The molecule has 0 saturated carbocycles. The van der Waals surface area contributed by atoms with E-state index in [4.69, 9.17) is 5.11 Å². The van der Waals surface area contributed by atoms with Crippen LogP contribution in [0.15, 0.2) is 0 Å². The van der Waals surface area contributed by atoms with Gasteiger partial charge in [0.2, 0.25) is 5.82 Å². The van der Waals surface area contributed by atoms with E-state index in [-0.39, 0.29) is 0 Å². The maximum absolute atomic E-state index is 13.0. The zero-order valence-corrected chi connectivity index (χ0v) is 7.95. The average Bonchev–Trinajstić information content (AvgIpc) is 2.28. The van der Waals surface area contributed by atoms with Gasteiger partial charge in [0.1, 0.15) is 12.0 Å². The summed E-state index contributed by atoms with van der Waals surface area (Å²) < 4.78 is 63.8. The predicted molar refractivity (Wildman–Crippen MR) is 45.4 cm³/mol. The van der Waals surface area contributed by atoms with Gasteiger partial charge >= 0.3 is 5.97 Å². The van der Waals surface area contributed by atoms with E-state index in [0.29, 0.717) is 0 Å². The van der Waals surface area contributed by atoms with Crippen LogP contribution in [0.2, 0.25) is 0 Å². The summed E-state index contributed by atoms with van der Waals surface area (Å²) in [6, 6.07) is 0. The Balaban J connectivity index is 3.33. The summed E-state index contributed by atoms with van der Waals surface area (Å²) in [7, 11) is 0. The minimum atomic E-state index is -2.29. The van der Waals surface area contributed by atoms with Crippen LogP contribution >= 0.6 is 0 Å². The minimum absolute atomic E-state index is 0.778. The molecule has 0 aliphatic heterocycles. The van der Waals surface area contributed by atoms with Gasteiger partial charge in [-0.3, -0.25) is 4.79 Å². The largest absolute Gasteiger partial charge is 0.481 e. The highest BCUT2D eigenvalue weighted by Gasteiger charge is 2.24. The van der Waals surface area contributed by atoms with Crippen molar-refractivity contribution >= 4 is 5.97 Å². The Bertz CT molecular complexity index is 513. The number of benzene rings is 1. The quantitative estimate of drug-likeness (QED) is 0.359. The SMILES string of the molecule is O=C(O)CC#Cc1c(F)c(F)c(F)c(F)c1F. The molecule has 0 heterocycles. The summed E-state index contributed by atoms with van der Waals surface area (Å²) in [5.41, 5.74) is -1.34. The van der Waals surface area contributed by atoms with Crippen molar-refractivity contribution in [3.63, 3.8) is 0 Å². The van der Waals surface area contributed by atoms with Crippen LogP contribution in [0, 0.1) is 40.9 Å². The molecule has 0 aliphatic rings. The summed E-state index contributed by atoms with van der Waals surface area (Å²) in [4.78, 5) is 10.0. The van der Waals surface area contributed by atoms with Crippen LogP contribution in [0.5, 0.6) is 0 Å². The Morgan fingerprint density at radius 3 is 1.76 bits per heavy atom. The summed E-state index contributed by atoms with van der Waals surface area (Å²) in [6.45, 7) is 0. The van der Waals surface area contributed by atoms with E-state index in [0.717, 1.165) is 0 Å². The van der Waals surface area contributed by atoms with Crippen molar-refractivity contribution in [1.29, 1.82) is 0 Å². The standard InChI is InChI=1S/C10H3F5O2/c11-6-4(2-1-3-5(16)17)7(12)9(14)10(15)8(6)13/h3H2,(H,16,17). The highest BCUT2D eigenvalue weighted by atomic mass is 19.2. The zero-order chi connectivity index (χ0) is 13.2. The fourth-order valence-corrected chi connectivity index (χ4v) is 0.923. The summed E-state index contributed by atoms with van der Waals surface area (Å²) in [5, 5.41) is 8.19. The van der Waals surface area contributed by atoms with Crippen LogP contribution in [0.4, 0.5) is 22.0 Å². The van der Waals surface area contributed by atoms with Crippen molar-refractivity contribution in [3.8, 4) is 11.8 Å². The molecule has 0 fully saturated rings. The lowest BCUT2D eigenvalue weighted by molar-refractivity contribution is -0.135. The molecule has 0 bridgehead atoms. The van der Waals surface area contributed by atoms with Crippen LogP contribution in [-0.2, 0) is 4.79 Å². The second-order valence-corrected chi connectivity index (χ2v) is 2.82.